The lowest BCUT2D eigenvalue weighted by Gasteiger charge is -2.38. The number of urea groups is 1. The second-order valence-electron chi connectivity index (χ2n) is 7.08. The van der Waals surface area contributed by atoms with Crippen molar-refractivity contribution in [3.8, 4) is 0 Å². The van der Waals surface area contributed by atoms with Crippen LogP contribution in [0.2, 0.25) is 0 Å². The van der Waals surface area contributed by atoms with E-state index in [-0.39, 0.29) is 12.1 Å². The van der Waals surface area contributed by atoms with Crippen LogP contribution in [0.15, 0.2) is 0 Å². The third-order valence-corrected chi connectivity index (χ3v) is 5.33. The standard InChI is InChI=1S/C16H28N2O3/c1-11(2)12-7-4-5-8-13(12)17-15(21)18-10-6-9-16(18,3)14(19)20/h11-13H,4-10H2,1-3H3,(H,17,21)(H,19,20). The highest BCUT2D eigenvalue weighted by Crippen LogP contribution is 2.32. The maximum Gasteiger partial charge on any atom is 0.329 e. The van der Waals surface area contributed by atoms with Crippen molar-refractivity contribution in [2.24, 2.45) is 11.8 Å². The fourth-order valence-electron chi connectivity index (χ4n) is 3.88. The predicted molar refractivity (Wildman–Crippen MR) is 81.1 cm³/mol. The average Bonchev–Trinajstić information content (AvgIpc) is 2.82. The number of rotatable bonds is 3. The van der Waals surface area contributed by atoms with E-state index < -0.39 is 11.5 Å². The molecule has 1 aliphatic heterocycles. The number of amides is 2. The van der Waals surface area contributed by atoms with Crippen molar-refractivity contribution in [1.82, 2.24) is 10.2 Å². The topological polar surface area (TPSA) is 69.6 Å². The monoisotopic (exact) mass is 296 g/mol. The third-order valence-electron chi connectivity index (χ3n) is 5.33. The van der Waals surface area contributed by atoms with E-state index in [1.54, 1.807) is 6.92 Å². The number of hydrogen-bond acceptors (Lipinski definition) is 2. The Bertz CT molecular complexity index is 410. The van der Waals surface area contributed by atoms with Gasteiger partial charge in [0.25, 0.3) is 0 Å². The average molecular weight is 296 g/mol. The van der Waals surface area contributed by atoms with Gasteiger partial charge in [0, 0.05) is 12.6 Å². The van der Waals surface area contributed by atoms with Gasteiger partial charge in [0.2, 0.25) is 0 Å². The molecule has 0 spiro atoms. The van der Waals surface area contributed by atoms with Gasteiger partial charge < -0.3 is 15.3 Å². The van der Waals surface area contributed by atoms with Gasteiger partial charge >= 0.3 is 12.0 Å². The van der Waals surface area contributed by atoms with E-state index in [0.29, 0.717) is 24.8 Å². The fourth-order valence-corrected chi connectivity index (χ4v) is 3.88. The molecule has 2 rings (SSSR count). The molecule has 0 aromatic rings. The van der Waals surface area contributed by atoms with E-state index in [1.807, 2.05) is 0 Å². The summed E-state index contributed by atoms with van der Waals surface area (Å²) in [5.74, 6) is 0.139. The molecule has 1 saturated heterocycles. The number of hydrogen-bond donors (Lipinski definition) is 2. The summed E-state index contributed by atoms with van der Waals surface area (Å²) in [7, 11) is 0. The number of carboxylic acids is 1. The Balaban J connectivity index is 2.05. The minimum atomic E-state index is -1.05. The molecule has 2 amide bonds. The van der Waals surface area contributed by atoms with E-state index in [9.17, 15) is 14.7 Å². The number of carbonyl (C=O) groups is 2. The minimum absolute atomic E-state index is 0.185. The van der Waals surface area contributed by atoms with Crippen LogP contribution in [0.3, 0.4) is 0 Å². The molecule has 21 heavy (non-hydrogen) atoms. The lowest BCUT2D eigenvalue weighted by atomic mass is 9.78. The van der Waals surface area contributed by atoms with Gasteiger partial charge in [-0.1, -0.05) is 26.7 Å². The van der Waals surface area contributed by atoms with Crippen LogP contribution in [0.1, 0.15) is 59.3 Å². The number of carboxylic acid groups (broad SMARTS) is 1. The third kappa shape index (κ3) is 3.16. The molecule has 2 N–H and O–H groups in total. The lowest BCUT2D eigenvalue weighted by molar-refractivity contribution is -0.147. The number of nitrogens with zero attached hydrogens (tertiary/aromatic N) is 1. The molecule has 5 nitrogen and oxygen atoms in total. The van der Waals surface area contributed by atoms with Gasteiger partial charge in [-0.15, -0.1) is 0 Å². The van der Waals surface area contributed by atoms with Crippen molar-refractivity contribution < 1.29 is 14.7 Å². The smallest absolute Gasteiger partial charge is 0.329 e. The van der Waals surface area contributed by atoms with E-state index in [1.165, 1.54) is 11.3 Å². The summed E-state index contributed by atoms with van der Waals surface area (Å²) >= 11 is 0. The van der Waals surface area contributed by atoms with Gasteiger partial charge in [-0.3, -0.25) is 0 Å². The van der Waals surface area contributed by atoms with Crippen molar-refractivity contribution in [2.45, 2.75) is 70.9 Å². The first-order valence-electron chi connectivity index (χ1n) is 8.18. The van der Waals surface area contributed by atoms with E-state index in [2.05, 4.69) is 19.2 Å². The van der Waals surface area contributed by atoms with Crippen LogP contribution in [0, 0.1) is 11.8 Å². The second-order valence-corrected chi connectivity index (χ2v) is 7.08. The van der Waals surface area contributed by atoms with Gasteiger partial charge in [-0.2, -0.15) is 0 Å². The van der Waals surface area contributed by atoms with Crippen LogP contribution in [0.5, 0.6) is 0 Å². The van der Waals surface area contributed by atoms with Gasteiger partial charge in [0.1, 0.15) is 5.54 Å². The van der Waals surface area contributed by atoms with Gasteiger partial charge in [-0.05, 0) is 44.4 Å². The molecule has 0 aromatic carbocycles. The number of nitrogens with one attached hydrogen (secondary N) is 1. The van der Waals surface area contributed by atoms with Crippen molar-refractivity contribution in [2.75, 3.05) is 6.54 Å². The first kappa shape index (κ1) is 16.1. The Kier molecular flexibility index (Phi) is 4.79. The molecule has 2 fully saturated rings. The summed E-state index contributed by atoms with van der Waals surface area (Å²) in [5, 5.41) is 12.5. The highest BCUT2D eigenvalue weighted by Gasteiger charge is 2.46. The molecule has 3 unspecified atom stereocenters. The van der Waals surface area contributed by atoms with Crippen molar-refractivity contribution in [1.29, 1.82) is 0 Å². The molecule has 2 aliphatic rings. The number of carbonyl (C=O) groups excluding carboxylic acids is 1. The van der Waals surface area contributed by atoms with Crippen molar-refractivity contribution in [3.63, 3.8) is 0 Å². The normalized spacial score (nSPS) is 33.2. The SMILES string of the molecule is CC(C)C1CCCCC1NC(=O)N1CCCC1(C)C(=O)O. The van der Waals surface area contributed by atoms with E-state index in [0.717, 1.165) is 25.7 Å². The first-order chi connectivity index (χ1) is 9.86. The first-order valence-corrected chi connectivity index (χ1v) is 8.18. The van der Waals surface area contributed by atoms with Crippen LogP contribution in [-0.4, -0.2) is 40.1 Å². The van der Waals surface area contributed by atoms with Crippen molar-refractivity contribution in [3.05, 3.63) is 0 Å². The zero-order chi connectivity index (χ0) is 15.6. The Morgan fingerprint density at radius 2 is 1.90 bits per heavy atom. The molecular weight excluding hydrogens is 268 g/mol. The highest BCUT2D eigenvalue weighted by molar-refractivity contribution is 5.86. The summed E-state index contributed by atoms with van der Waals surface area (Å²) in [4.78, 5) is 25.5. The second kappa shape index (κ2) is 6.24. The predicted octanol–water partition coefficient (Wildman–Crippen LogP) is 2.85. The lowest BCUT2D eigenvalue weighted by Crippen LogP contribution is -2.57. The summed E-state index contributed by atoms with van der Waals surface area (Å²) in [6.07, 6.45) is 5.82. The highest BCUT2D eigenvalue weighted by atomic mass is 16.4. The molecule has 0 radical (unpaired) electrons. The maximum absolute atomic E-state index is 12.6. The molecule has 1 heterocycles. The fraction of sp³-hybridized carbons (Fsp3) is 0.875. The summed E-state index contributed by atoms with van der Waals surface area (Å²) < 4.78 is 0. The number of likely N-dealkylation sites (tertiary alicyclic amines) is 1. The van der Waals surface area contributed by atoms with E-state index in [4.69, 9.17) is 0 Å². The molecule has 3 atom stereocenters. The summed E-state index contributed by atoms with van der Waals surface area (Å²) in [5.41, 5.74) is -1.05. The zero-order valence-electron chi connectivity index (χ0n) is 13.4. The Hall–Kier alpha value is -1.26. The molecule has 1 aliphatic carbocycles. The van der Waals surface area contributed by atoms with Crippen molar-refractivity contribution >= 4 is 12.0 Å². The Morgan fingerprint density at radius 3 is 2.52 bits per heavy atom. The van der Waals surface area contributed by atoms with Gasteiger partial charge in [-0.25, -0.2) is 9.59 Å². The molecule has 0 bridgehead atoms. The molecule has 0 aromatic heterocycles. The molecular formula is C16H28N2O3. The van der Waals surface area contributed by atoms with Crippen LogP contribution >= 0.6 is 0 Å². The molecule has 120 valence electrons. The molecule has 5 heteroatoms. The van der Waals surface area contributed by atoms with Gasteiger partial charge in [0.15, 0.2) is 0 Å². The van der Waals surface area contributed by atoms with E-state index >= 15 is 0 Å². The minimum Gasteiger partial charge on any atom is -0.480 e. The largest absolute Gasteiger partial charge is 0.480 e. The van der Waals surface area contributed by atoms with Crippen LogP contribution in [0.25, 0.3) is 0 Å². The van der Waals surface area contributed by atoms with Gasteiger partial charge in [0.05, 0.1) is 0 Å². The maximum atomic E-state index is 12.6. The van der Waals surface area contributed by atoms with Crippen LogP contribution < -0.4 is 5.32 Å². The Morgan fingerprint density at radius 1 is 1.24 bits per heavy atom. The quantitative estimate of drug-likeness (QED) is 0.841. The zero-order valence-corrected chi connectivity index (χ0v) is 13.4. The summed E-state index contributed by atoms with van der Waals surface area (Å²) in [6.45, 7) is 6.59. The molecule has 1 saturated carbocycles. The van der Waals surface area contributed by atoms with Crippen LogP contribution in [0.4, 0.5) is 4.79 Å². The summed E-state index contributed by atoms with van der Waals surface area (Å²) in [6, 6.07) is -0.0140. The van der Waals surface area contributed by atoms with Crippen LogP contribution in [-0.2, 0) is 4.79 Å². The Labute approximate surface area is 127 Å². The number of aliphatic carboxylic acids is 1.